The fraction of sp³-hybridized carbons (Fsp3) is 0.500. The third kappa shape index (κ3) is 5.65. The molecule has 15 heavy (non-hydrogen) atoms. The molecule has 84 valence electrons. The van der Waals surface area contributed by atoms with E-state index in [9.17, 15) is 0 Å². The van der Waals surface area contributed by atoms with Crippen LogP contribution in [0.15, 0.2) is 24.3 Å². The molecular weight excluding hydrogens is 210 g/mol. The first kappa shape index (κ1) is 12.3. The standard InChI is InChI=1S/C12H18ClNO/c1-14(2)9-3-4-10-15-12-7-5-11(13)6-8-12/h5-8H,3-4,9-10H2,1-2H3. The van der Waals surface area contributed by atoms with Crippen LogP contribution in [0, 0.1) is 0 Å². The molecule has 0 fully saturated rings. The third-order valence-electron chi connectivity index (χ3n) is 2.08. The minimum absolute atomic E-state index is 0.745. The lowest BCUT2D eigenvalue weighted by molar-refractivity contribution is 0.293. The van der Waals surface area contributed by atoms with E-state index in [0.717, 1.165) is 30.3 Å². The number of nitrogens with zero attached hydrogens (tertiary/aromatic N) is 1. The number of rotatable bonds is 6. The van der Waals surface area contributed by atoms with Crippen LogP contribution in [0.5, 0.6) is 5.75 Å². The van der Waals surface area contributed by atoms with E-state index < -0.39 is 0 Å². The van der Waals surface area contributed by atoms with Crippen molar-refractivity contribution < 1.29 is 4.74 Å². The highest BCUT2D eigenvalue weighted by Crippen LogP contribution is 2.15. The molecule has 0 aliphatic carbocycles. The summed E-state index contributed by atoms with van der Waals surface area (Å²) in [4.78, 5) is 2.18. The zero-order valence-corrected chi connectivity index (χ0v) is 10.1. The van der Waals surface area contributed by atoms with Gasteiger partial charge in [0, 0.05) is 5.02 Å². The Morgan fingerprint density at radius 1 is 1.13 bits per heavy atom. The second-order valence-corrected chi connectivity index (χ2v) is 4.25. The molecule has 1 rings (SSSR count). The molecule has 0 heterocycles. The Kier molecular flexibility index (Phi) is 5.51. The Balaban J connectivity index is 2.12. The van der Waals surface area contributed by atoms with Gasteiger partial charge < -0.3 is 9.64 Å². The van der Waals surface area contributed by atoms with Crippen LogP contribution >= 0.6 is 11.6 Å². The molecule has 0 N–H and O–H groups in total. The van der Waals surface area contributed by atoms with Crippen LogP contribution < -0.4 is 4.74 Å². The van der Waals surface area contributed by atoms with Gasteiger partial charge in [0.2, 0.25) is 0 Å². The van der Waals surface area contributed by atoms with Crippen LogP contribution in [0.3, 0.4) is 0 Å². The van der Waals surface area contributed by atoms with Crippen molar-refractivity contribution in [3.63, 3.8) is 0 Å². The highest BCUT2D eigenvalue weighted by molar-refractivity contribution is 6.30. The van der Waals surface area contributed by atoms with Gasteiger partial charge in [-0.2, -0.15) is 0 Å². The number of ether oxygens (including phenoxy) is 1. The normalized spacial score (nSPS) is 10.7. The number of benzene rings is 1. The smallest absolute Gasteiger partial charge is 0.119 e. The number of hydrogen-bond donors (Lipinski definition) is 0. The van der Waals surface area contributed by atoms with Gasteiger partial charge in [-0.15, -0.1) is 0 Å². The highest BCUT2D eigenvalue weighted by Gasteiger charge is 1.94. The summed E-state index contributed by atoms with van der Waals surface area (Å²) in [5, 5.41) is 0.745. The zero-order valence-electron chi connectivity index (χ0n) is 9.37. The predicted molar refractivity (Wildman–Crippen MR) is 64.7 cm³/mol. The fourth-order valence-corrected chi connectivity index (χ4v) is 1.38. The monoisotopic (exact) mass is 227 g/mol. The summed E-state index contributed by atoms with van der Waals surface area (Å²) in [5.74, 6) is 0.893. The van der Waals surface area contributed by atoms with Gasteiger partial charge >= 0.3 is 0 Å². The molecule has 0 unspecified atom stereocenters. The Morgan fingerprint density at radius 3 is 2.40 bits per heavy atom. The molecule has 0 saturated carbocycles. The summed E-state index contributed by atoms with van der Waals surface area (Å²) in [7, 11) is 4.17. The van der Waals surface area contributed by atoms with Crippen molar-refractivity contribution in [2.75, 3.05) is 27.2 Å². The maximum atomic E-state index is 5.77. The first-order chi connectivity index (χ1) is 7.18. The summed E-state index contributed by atoms with van der Waals surface area (Å²) >= 11 is 5.77. The van der Waals surface area contributed by atoms with E-state index in [1.54, 1.807) is 0 Å². The molecule has 0 aliphatic heterocycles. The van der Waals surface area contributed by atoms with Gasteiger partial charge in [-0.25, -0.2) is 0 Å². The molecular formula is C12H18ClNO. The van der Waals surface area contributed by atoms with Gasteiger partial charge in [0.1, 0.15) is 5.75 Å². The minimum Gasteiger partial charge on any atom is -0.494 e. The van der Waals surface area contributed by atoms with Gasteiger partial charge in [0.05, 0.1) is 6.61 Å². The van der Waals surface area contributed by atoms with Crippen molar-refractivity contribution in [2.45, 2.75) is 12.8 Å². The number of halogens is 1. The van der Waals surface area contributed by atoms with Crippen molar-refractivity contribution in [3.05, 3.63) is 29.3 Å². The molecule has 2 nitrogen and oxygen atoms in total. The molecule has 0 radical (unpaired) electrons. The number of unbranched alkanes of at least 4 members (excludes halogenated alkanes) is 1. The SMILES string of the molecule is CN(C)CCCCOc1ccc(Cl)cc1. The Morgan fingerprint density at radius 2 is 1.80 bits per heavy atom. The molecule has 0 saturated heterocycles. The number of hydrogen-bond acceptors (Lipinski definition) is 2. The van der Waals surface area contributed by atoms with Gasteiger partial charge in [0.15, 0.2) is 0 Å². The van der Waals surface area contributed by atoms with Crippen molar-refractivity contribution in [3.8, 4) is 5.75 Å². The van der Waals surface area contributed by atoms with Crippen LogP contribution in [0.1, 0.15) is 12.8 Å². The van der Waals surface area contributed by atoms with Crippen LogP contribution in [0.25, 0.3) is 0 Å². The maximum absolute atomic E-state index is 5.77. The van der Waals surface area contributed by atoms with Gasteiger partial charge in [-0.3, -0.25) is 0 Å². The van der Waals surface area contributed by atoms with Crippen molar-refractivity contribution in [1.29, 1.82) is 0 Å². The average Bonchev–Trinajstić information content (AvgIpc) is 2.20. The quantitative estimate of drug-likeness (QED) is 0.693. The van der Waals surface area contributed by atoms with Gasteiger partial charge in [-0.1, -0.05) is 11.6 Å². The Hall–Kier alpha value is -0.730. The van der Waals surface area contributed by atoms with Crippen LogP contribution in [0.4, 0.5) is 0 Å². The van der Waals surface area contributed by atoms with Gasteiger partial charge in [0.25, 0.3) is 0 Å². The highest BCUT2D eigenvalue weighted by atomic mass is 35.5. The van der Waals surface area contributed by atoms with E-state index in [2.05, 4.69) is 19.0 Å². The van der Waals surface area contributed by atoms with Crippen LogP contribution in [0.2, 0.25) is 5.02 Å². The van der Waals surface area contributed by atoms with E-state index in [-0.39, 0.29) is 0 Å². The zero-order chi connectivity index (χ0) is 11.1. The molecule has 1 aromatic carbocycles. The Bertz CT molecular complexity index is 271. The average molecular weight is 228 g/mol. The first-order valence-electron chi connectivity index (χ1n) is 5.21. The van der Waals surface area contributed by atoms with E-state index >= 15 is 0 Å². The maximum Gasteiger partial charge on any atom is 0.119 e. The minimum atomic E-state index is 0.745. The molecule has 1 aromatic rings. The molecule has 0 aromatic heterocycles. The summed E-state index contributed by atoms with van der Waals surface area (Å²) in [6, 6.07) is 7.48. The van der Waals surface area contributed by atoms with E-state index in [0.29, 0.717) is 0 Å². The third-order valence-corrected chi connectivity index (χ3v) is 2.33. The summed E-state index contributed by atoms with van der Waals surface area (Å²) < 4.78 is 5.57. The van der Waals surface area contributed by atoms with Crippen molar-refractivity contribution in [2.24, 2.45) is 0 Å². The molecule has 0 aliphatic rings. The lowest BCUT2D eigenvalue weighted by Crippen LogP contribution is -2.13. The largest absolute Gasteiger partial charge is 0.494 e. The summed E-state index contributed by atoms with van der Waals surface area (Å²) in [6.45, 7) is 1.89. The van der Waals surface area contributed by atoms with Gasteiger partial charge in [-0.05, 0) is 57.7 Å². The topological polar surface area (TPSA) is 12.5 Å². The Labute approximate surface area is 96.8 Å². The van der Waals surface area contributed by atoms with Crippen LogP contribution in [-0.4, -0.2) is 32.1 Å². The molecule has 0 amide bonds. The molecule has 0 atom stereocenters. The summed E-state index contributed by atoms with van der Waals surface area (Å²) in [5.41, 5.74) is 0. The van der Waals surface area contributed by atoms with Crippen molar-refractivity contribution in [1.82, 2.24) is 4.90 Å². The van der Waals surface area contributed by atoms with E-state index in [1.165, 1.54) is 6.42 Å². The molecule has 0 bridgehead atoms. The second-order valence-electron chi connectivity index (χ2n) is 3.81. The van der Waals surface area contributed by atoms with Crippen LogP contribution in [-0.2, 0) is 0 Å². The molecule has 0 spiro atoms. The fourth-order valence-electron chi connectivity index (χ4n) is 1.25. The predicted octanol–water partition coefficient (Wildman–Crippen LogP) is 3.06. The van der Waals surface area contributed by atoms with E-state index in [1.807, 2.05) is 24.3 Å². The van der Waals surface area contributed by atoms with E-state index in [4.69, 9.17) is 16.3 Å². The lowest BCUT2D eigenvalue weighted by atomic mass is 10.3. The van der Waals surface area contributed by atoms with Crippen molar-refractivity contribution >= 4 is 11.6 Å². The first-order valence-corrected chi connectivity index (χ1v) is 5.59. The summed E-state index contributed by atoms with van der Waals surface area (Å²) in [6.07, 6.45) is 2.25. The second kappa shape index (κ2) is 6.70. The molecule has 3 heteroatoms. The lowest BCUT2D eigenvalue weighted by Gasteiger charge is -2.09.